The van der Waals surface area contributed by atoms with Crippen LogP contribution in [0.4, 0.5) is 0 Å². The average molecular weight is 192 g/mol. The smallest absolute Gasteiger partial charge is 0.104 e. The van der Waals surface area contributed by atoms with Crippen LogP contribution in [-0.4, -0.2) is 44.4 Å². The van der Waals surface area contributed by atoms with E-state index >= 15 is 0 Å². The Balaban J connectivity index is 0.000000213. The summed E-state index contributed by atoms with van der Waals surface area (Å²) < 4.78 is 15.1. The predicted octanol–water partition coefficient (Wildman–Crippen LogP) is 0.737. The van der Waals surface area contributed by atoms with Crippen molar-refractivity contribution in [3.05, 3.63) is 0 Å². The van der Waals surface area contributed by atoms with Crippen LogP contribution >= 0.6 is 12.6 Å². The van der Waals surface area contributed by atoms with E-state index in [9.17, 15) is 0 Å². The van der Waals surface area contributed by atoms with Gasteiger partial charge >= 0.3 is 0 Å². The van der Waals surface area contributed by atoms with Crippen molar-refractivity contribution in [3.8, 4) is 0 Å². The maximum atomic E-state index is 5.23. The lowest BCUT2D eigenvalue weighted by molar-refractivity contribution is 0.102. The van der Waals surface area contributed by atoms with Crippen LogP contribution in [0.2, 0.25) is 0 Å². The van der Waals surface area contributed by atoms with Crippen LogP contribution in [0.1, 0.15) is 6.92 Å². The molecule has 0 aliphatic carbocycles. The van der Waals surface area contributed by atoms with Crippen LogP contribution < -0.4 is 0 Å². The van der Waals surface area contributed by atoms with Crippen molar-refractivity contribution in [1.29, 1.82) is 0 Å². The summed E-state index contributed by atoms with van der Waals surface area (Å²) in [7, 11) is 0. The second-order valence-electron chi connectivity index (χ2n) is 2.76. The van der Waals surface area contributed by atoms with Gasteiger partial charge in [0, 0.05) is 0 Å². The second kappa shape index (κ2) is 5.80. The van der Waals surface area contributed by atoms with Crippen molar-refractivity contribution < 1.29 is 14.2 Å². The largest absolute Gasteiger partial charge is 0.376 e. The Bertz CT molecular complexity index is 101. The van der Waals surface area contributed by atoms with Gasteiger partial charge in [-0.25, -0.2) is 0 Å². The Morgan fingerprint density at radius 2 is 1.58 bits per heavy atom. The molecule has 0 aromatic rings. The Morgan fingerprint density at radius 1 is 1.25 bits per heavy atom. The fourth-order valence-corrected chi connectivity index (χ4v) is 0.659. The van der Waals surface area contributed by atoms with E-state index < -0.39 is 0 Å². The van der Waals surface area contributed by atoms with Gasteiger partial charge < -0.3 is 14.2 Å². The Morgan fingerprint density at radius 3 is 1.83 bits per heavy atom. The summed E-state index contributed by atoms with van der Waals surface area (Å²) in [5, 5.41) is 0. The first-order valence-corrected chi connectivity index (χ1v) is 4.91. The highest BCUT2D eigenvalue weighted by Gasteiger charge is 2.26. The first kappa shape index (κ1) is 10.3. The fourth-order valence-electron chi connectivity index (χ4n) is 0.659. The van der Waals surface area contributed by atoms with Crippen molar-refractivity contribution >= 4 is 12.6 Å². The molecule has 2 aliphatic heterocycles. The van der Waals surface area contributed by atoms with Crippen LogP contribution in [0.15, 0.2) is 0 Å². The van der Waals surface area contributed by atoms with Crippen molar-refractivity contribution in [2.45, 2.75) is 19.1 Å². The van der Waals surface area contributed by atoms with Gasteiger partial charge in [0.2, 0.25) is 0 Å². The molecule has 12 heavy (non-hydrogen) atoms. The zero-order chi connectivity index (χ0) is 8.81. The van der Waals surface area contributed by atoms with Crippen molar-refractivity contribution in [1.82, 2.24) is 0 Å². The number of hydrogen-bond acceptors (Lipinski definition) is 4. The number of ether oxygens (including phenoxy) is 3. The normalized spacial score (nSPS) is 30.5. The zero-order valence-electron chi connectivity index (χ0n) is 7.36. The van der Waals surface area contributed by atoms with Gasteiger partial charge in [-0.2, -0.15) is 12.6 Å². The second-order valence-corrected chi connectivity index (χ2v) is 3.40. The minimum Gasteiger partial charge on any atom is -0.376 e. The molecule has 2 saturated heterocycles. The summed E-state index contributed by atoms with van der Waals surface area (Å²) in [6, 6.07) is 0. The summed E-state index contributed by atoms with van der Waals surface area (Å²) in [6.07, 6.45) is 0.785. The van der Waals surface area contributed by atoms with Crippen LogP contribution in [0, 0.1) is 0 Å². The minimum absolute atomic E-state index is 0.392. The molecule has 0 aromatic heterocycles. The molecule has 2 fully saturated rings. The number of hydrogen-bond donors (Lipinski definition) is 1. The lowest BCUT2D eigenvalue weighted by Crippen LogP contribution is -2.06. The monoisotopic (exact) mass is 192 g/mol. The minimum atomic E-state index is 0.392. The van der Waals surface area contributed by atoms with Gasteiger partial charge in [-0.1, -0.05) is 6.92 Å². The van der Waals surface area contributed by atoms with E-state index in [-0.39, 0.29) is 0 Å². The first-order chi connectivity index (χ1) is 5.86. The van der Waals surface area contributed by atoms with Gasteiger partial charge in [-0.05, 0) is 5.75 Å². The van der Waals surface area contributed by atoms with Gasteiger partial charge in [0.1, 0.15) is 12.2 Å². The molecule has 2 rings (SSSR count). The molecule has 2 unspecified atom stereocenters. The fraction of sp³-hybridized carbons (Fsp3) is 1.00. The van der Waals surface area contributed by atoms with Gasteiger partial charge in [0.25, 0.3) is 0 Å². The van der Waals surface area contributed by atoms with Gasteiger partial charge in [0.15, 0.2) is 0 Å². The molecule has 3 nitrogen and oxygen atoms in total. The van der Waals surface area contributed by atoms with Crippen LogP contribution in [-0.2, 0) is 14.2 Å². The van der Waals surface area contributed by atoms with Crippen molar-refractivity contribution in [3.63, 3.8) is 0 Å². The van der Waals surface area contributed by atoms with E-state index in [4.69, 9.17) is 14.2 Å². The summed E-state index contributed by atoms with van der Waals surface area (Å²) in [5.74, 6) is 0.944. The SMILES string of the molecule is C(OCC1CO1)C1CO1.CCS. The molecule has 4 heteroatoms. The van der Waals surface area contributed by atoms with Crippen LogP contribution in [0.25, 0.3) is 0 Å². The molecule has 0 amide bonds. The van der Waals surface area contributed by atoms with Gasteiger partial charge in [-0.15, -0.1) is 0 Å². The third-order valence-electron chi connectivity index (χ3n) is 1.41. The van der Waals surface area contributed by atoms with Crippen LogP contribution in [0.5, 0.6) is 0 Å². The topological polar surface area (TPSA) is 34.3 Å². The molecule has 0 saturated carbocycles. The summed E-state index contributed by atoms with van der Waals surface area (Å²) >= 11 is 3.79. The predicted molar refractivity (Wildman–Crippen MR) is 49.8 cm³/mol. The molecular formula is C8H16O3S. The first-order valence-electron chi connectivity index (χ1n) is 4.28. The molecule has 0 aromatic carbocycles. The Kier molecular flexibility index (Phi) is 4.99. The summed E-state index contributed by atoms with van der Waals surface area (Å²) in [5.41, 5.74) is 0. The zero-order valence-corrected chi connectivity index (χ0v) is 8.26. The van der Waals surface area contributed by atoms with E-state index in [1.165, 1.54) is 0 Å². The molecule has 0 bridgehead atoms. The Labute approximate surface area is 78.8 Å². The molecule has 0 N–H and O–H groups in total. The molecule has 2 atom stereocenters. The van der Waals surface area contributed by atoms with Crippen LogP contribution in [0.3, 0.4) is 0 Å². The molecular weight excluding hydrogens is 176 g/mol. The highest BCUT2D eigenvalue weighted by Crippen LogP contribution is 2.12. The quantitative estimate of drug-likeness (QED) is 0.527. The maximum Gasteiger partial charge on any atom is 0.104 e. The van der Waals surface area contributed by atoms with Crippen molar-refractivity contribution in [2.75, 3.05) is 32.2 Å². The third kappa shape index (κ3) is 5.83. The number of epoxide rings is 2. The van der Waals surface area contributed by atoms with E-state index in [0.29, 0.717) is 12.2 Å². The highest BCUT2D eigenvalue weighted by atomic mass is 32.1. The van der Waals surface area contributed by atoms with E-state index in [1.54, 1.807) is 0 Å². The standard InChI is InChI=1S/C6H10O3.C2H6S/c1(5-3-8-5)7-2-6-4-9-6;1-2-3/h5-6H,1-4H2;3H,2H2,1H3. The number of thiol groups is 1. The van der Waals surface area contributed by atoms with Crippen molar-refractivity contribution in [2.24, 2.45) is 0 Å². The number of rotatable bonds is 4. The Hall–Kier alpha value is 0.230. The molecule has 2 heterocycles. The lowest BCUT2D eigenvalue weighted by atomic mass is 10.5. The maximum absolute atomic E-state index is 5.23. The third-order valence-corrected chi connectivity index (χ3v) is 1.41. The van der Waals surface area contributed by atoms with Gasteiger partial charge in [-0.3, -0.25) is 0 Å². The van der Waals surface area contributed by atoms with E-state index in [2.05, 4.69) is 12.6 Å². The van der Waals surface area contributed by atoms with E-state index in [1.807, 2.05) is 6.92 Å². The molecule has 72 valence electrons. The average Bonchev–Trinajstić information content (AvgIpc) is 2.82. The summed E-state index contributed by atoms with van der Waals surface area (Å²) in [4.78, 5) is 0. The van der Waals surface area contributed by atoms with E-state index in [0.717, 1.165) is 32.2 Å². The molecule has 0 spiro atoms. The van der Waals surface area contributed by atoms with Gasteiger partial charge in [0.05, 0.1) is 26.4 Å². The molecule has 2 aliphatic rings. The highest BCUT2D eigenvalue weighted by molar-refractivity contribution is 7.80. The summed E-state index contributed by atoms with van der Waals surface area (Å²) in [6.45, 7) is 5.25. The molecule has 0 radical (unpaired) electrons. The lowest BCUT2D eigenvalue weighted by Gasteiger charge is -1.95.